The van der Waals surface area contributed by atoms with Gasteiger partial charge in [-0.25, -0.2) is 4.57 Å². The van der Waals surface area contributed by atoms with Crippen molar-refractivity contribution in [2.75, 3.05) is 32.3 Å². The molecule has 10 heteroatoms. The van der Waals surface area contributed by atoms with Crippen LogP contribution < -0.4 is 14.0 Å². The van der Waals surface area contributed by atoms with Crippen molar-refractivity contribution in [3.8, 4) is 17.2 Å². The zero-order valence-corrected chi connectivity index (χ0v) is 28.5. The van der Waals surface area contributed by atoms with Crippen LogP contribution in [0.25, 0.3) is 0 Å². The summed E-state index contributed by atoms with van der Waals surface area (Å²) in [5.74, 6) is 2.63. The van der Waals surface area contributed by atoms with Crippen molar-refractivity contribution in [1.29, 1.82) is 0 Å². The van der Waals surface area contributed by atoms with E-state index in [-0.39, 0.29) is 13.2 Å². The smallest absolute Gasteiger partial charge is 0.493 e. The van der Waals surface area contributed by atoms with E-state index in [0.29, 0.717) is 31.3 Å². The summed E-state index contributed by atoms with van der Waals surface area (Å²) in [4.78, 5) is 12.6. The first-order valence-electron chi connectivity index (χ1n) is 16.2. The van der Waals surface area contributed by atoms with E-state index in [0.717, 1.165) is 29.2 Å². The summed E-state index contributed by atoms with van der Waals surface area (Å²) in [7, 11) is -4.41. The van der Waals surface area contributed by atoms with E-state index in [1.807, 2.05) is 55.8 Å². The van der Waals surface area contributed by atoms with Gasteiger partial charge in [0.25, 0.3) is 0 Å². The molecule has 0 amide bonds. The van der Waals surface area contributed by atoms with Gasteiger partial charge in [-0.2, -0.15) is 0 Å². The molecule has 0 saturated heterocycles. The van der Waals surface area contributed by atoms with Crippen LogP contribution in [-0.4, -0.2) is 48.2 Å². The van der Waals surface area contributed by atoms with Gasteiger partial charge in [0.05, 0.1) is 19.1 Å². The van der Waals surface area contributed by atoms with Gasteiger partial charge in [-0.15, -0.1) is 11.8 Å². The third kappa shape index (κ3) is 13.9. The first-order valence-corrected chi connectivity index (χ1v) is 18.7. The molecule has 2 atom stereocenters. The lowest BCUT2D eigenvalue weighted by atomic mass is 10.1. The number of unbranched alkanes of at least 4 members (excludes halogenated alkanes) is 9. The monoisotopic (exact) mass is 649 g/mol. The minimum Gasteiger partial charge on any atom is -0.493 e. The molecule has 1 aliphatic heterocycles. The van der Waals surface area contributed by atoms with Crippen molar-refractivity contribution in [2.24, 2.45) is 0 Å². The van der Waals surface area contributed by atoms with Gasteiger partial charge in [0, 0.05) is 30.5 Å². The second-order valence-corrected chi connectivity index (χ2v) is 13.3. The summed E-state index contributed by atoms with van der Waals surface area (Å²) < 4.78 is 41.6. The average Bonchev–Trinajstić information content (AvgIpc) is 3.53. The highest BCUT2D eigenvalue weighted by Crippen LogP contribution is 2.45. The molecule has 0 aliphatic carbocycles. The van der Waals surface area contributed by atoms with Gasteiger partial charge in [-0.05, 0) is 43.9 Å². The molecular formula is C34H52NO7PS. The second kappa shape index (κ2) is 20.8. The number of ether oxygens (including phenoxy) is 3. The van der Waals surface area contributed by atoms with E-state index < -0.39 is 13.9 Å². The van der Waals surface area contributed by atoms with Gasteiger partial charge in [-0.3, -0.25) is 9.42 Å². The van der Waals surface area contributed by atoms with Crippen LogP contribution in [0, 0.1) is 6.92 Å². The topological polar surface area (TPSA) is 86.7 Å². The zero-order valence-electron chi connectivity index (χ0n) is 26.8. The molecule has 1 N–H and O–H groups in total. The molecule has 0 radical (unpaired) electrons. The normalized spacial score (nSPS) is 14.9. The summed E-state index contributed by atoms with van der Waals surface area (Å²) in [6, 6.07) is 12.9. The molecule has 0 saturated carbocycles. The number of hydrogen-bond donors (Lipinski definition) is 1. The third-order valence-corrected chi connectivity index (χ3v) is 9.11. The molecule has 246 valence electrons. The zero-order chi connectivity index (χ0) is 31.5. The molecule has 1 heterocycles. The Hall–Kier alpha value is -2.16. The number of rotatable bonds is 24. The highest BCUT2D eigenvalue weighted by molar-refractivity contribution is 8.02. The molecule has 2 aromatic carbocycles. The fourth-order valence-corrected chi connectivity index (χ4v) is 6.47. The number of hydrogen-bond acceptors (Lipinski definition) is 8. The molecule has 8 nitrogen and oxygen atoms in total. The van der Waals surface area contributed by atoms with Gasteiger partial charge in [-0.1, -0.05) is 89.0 Å². The Morgan fingerprint density at radius 2 is 1.52 bits per heavy atom. The van der Waals surface area contributed by atoms with Crippen LogP contribution in [0.4, 0.5) is 0 Å². The SMILES string of the molecule is CCCCCCCCCCCCOc1cccc(OCC(COP(=O)(O)Oc2ccccc2CN2C=CSC2)OCC)c1C. The Balaban J connectivity index is 1.41. The van der Waals surface area contributed by atoms with Crippen LogP contribution >= 0.6 is 19.6 Å². The maximum Gasteiger partial charge on any atom is 0.527 e. The first kappa shape index (κ1) is 36.3. The summed E-state index contributed by atoms with van der Waals surface area (Å²) >= 11 is 1.69. The Bertz CT molecular complexity index is 1160. The van der Waals surface area contributed by atoms with Gasteiger partial charge in [0.2, 0.25) is 0 Å². The van der Waals surface area contributed by atoms with Crippen molar-refractivity contribution in [1.82, 2.24) is 4.90 Å². The first-order chi connectivity index (χ1) is 21.4. The summed E-state index contributed by atoms with van der Waals surface area (Å²) in [6.07, 6.45) is 14.3. The van der Waals surface area contributed by atoms with Crippen LogP contribution in [0.2, 0.25) is 0 Å². The Morgan fingerprint density at radius 1 is 0.864 bits per heavy atom. The minimum absolute atomic E-state index is 0.145. The van der Waals surface area contributed by atoms with E-state index >= 15 is 0 Å². The fourth-order valence-electron chi connectivity index (χ4n) is 4.92. The van der Waals surface area contributed by atoms with Gasteiger partial charge < -0.3 is 23.6 Å². The second-order valence-electron chi connectivity index (χ2n) is 11.1. The fraction of sp³-hybridized carbons (Fsp3) is 0.588. The van der Waals surface area contributed by atoms with E-state index in [1.54, 1.807) is 23.9 Å². The third-order valence-electron chi connectivity index (χ3n) is 7.41. The molecule has 44 heavy (non-hydrogen) atoms. The molecule has 0 fully saturated rings. The maximum absolute atomic E-state index is 12.9. The summed E-state index contributed by atoms with van der Waals surface area (Å²) in [5, 5.41) is 2.02. The predicted molar refractivity (Wildman–Crippen MR) is 179 cm³/mol. The number of thioether (sulfide) groups is 1. The number of benzene rings is 2. The summed E-state index contributed by atoms with van der Waals surface area (Å²) in [6.45, 7) is 7.71. The maximum atomic E-state index is 12.9. The number of phosphoric ester groups is 1. The standard InChI is InChI=1S/C34H52NO7PS/c1-4-6-7-8-9-10-11-12-13-16-23-39-32-20-17-21-33(29(32)3)40-26-31(38-5-2)27-41-43(36,37)42-34-19-15-14-18-30(34)25-35-22-24-44-28-35/h14-15,17-22,24,31H,4-13,16,23,25-28H2,1-3H3,(H,36,37). The van der Waals surface area contributed by atoms with Crippen LogP contribution in [0.1, 0.15) is 89.2 Å². The van der Waals surface area contributed by atoms with Gasteiger partial charge in [0.15, 0.2) is 0 Å². The number of nitrogens with zero attached hydrogens (tertiary/aromatic N) is 1. The van der Waals surface area contributed by atoms with Gasteiger partial charge >= 0.3 is 7.82 Å². The average molecular weight is 650 g/mol. The number of para-hydroxylation sites is 1. The largest absolute Gasteiger partial charge is 0.527 e. The van der Waals surface area contributed by atoms with Gasteiger partial charge in [0.1, 0.15) is 30.0 Å². The molecule has 1 aliphatic rings. The van der Waals surface area contributed by atoms with E-state index in [9.17, 15) is 9.46 Å². The van der Waals surface area contributed by atoms with E-state index in [4.69, 9.17) is 23.3 Å². The minimum atomic E-state index is -4.41. The molecule has 3 rings (SSSR count). The molecule has 2 aromatic rings. The highest BCUT2D eigenvalue weighted by Gasteiger charge is 2.27. The van der Waals surface area contributed by atoms with Crippen molar-refractivity contribution in [3.05, 3.63) is 65.2 Å². The Kier molecular flexibility index (Phi) is 17.2. The van der Waals surface area contributed by atoms with Crippen molar-refractivity contribution in [2.45, 2.75) is 97.6 Å². The molecule has 0 spiro atoms. The molecule has 2 unspecified atom stereocenters. The lowest BCUT2D eigenvalue weighted by Gasteiger charge is -2.22. The molecule has 0 aromatic heterocycles. The molecule has 0 bridgehead atoms. The van der Waals surface area contributed by atoms with E-state index in [1.165, 1.54) is 57.8 Å². The van der Waals surface area contributed by atoms with Crippen molar-refractivity contribution in [3.63, 3.8) is 0 Å². The van der Waals surface area contributed by atoms with Crippen LogP contribution in [0.5, 0.6) is 17.2 Å². The van der Waals surface area contributed by atoms with Crippen LogP contribution in [-0.2, 0) is 20.4 Å². The Labute approximate surface area is 269 Å². The highest BCUT2D eigenvalue weighted by atomic mass is 32.2. The quantitative estimate of drug-likeness (QED) is 0.0883. The van der Waals surface area contributed by atoms with E-state index in [2.05, 4.69) is 11.8 Å². The Morgan fingerprint density at radius 3 is 2.20 bits per heavy atom. The predicted octanol–water partition coefficient (Wildman–Crippen LogP) is 9.25. The number of phosphoric acid groups is 1. The van der Waals surface area contributed by atoms with Crippen molar-refractivity contribution < 1.29 is 32.7 Å². The lowest BCUT2D eigenvalue weighted by Crippen LogP contribution is -2.27. The van der Waals surface area contributed by atoms with Crippen molar-refractivity contribution >= 4 is 19.6 Å². The molecular weight excluding hydrogens is 597 g/mol. The lowest BCUT2D eigenvalue weighted by molar-refractivity contribution is -0.00730. The summed E-state index contributed by atoms with van der Waals surface area (Å²) in [5.41, 5.74) is 1.71. The van der Waals surface area contributed by atoms with Crippen LogP contribution in [0.3, 0.4) is 0 Å². The van der Waals surface area contributed by atoms with Crippen LogP contribution in [0.15, 0.2) is 54.1 Å².